The van der Waals surface area contributed by atoms with E-state index >= 15 is 0 Å². The number of benzene rings is 1. The highest BCUT2D eigenvalue weighted by molar-refractivity contribution is 5.76. The number of urea groups is 1. The maximum atomic E-state index is 12.5. The summed E-state index contributed by atoms with van der Waals surface area (Å²) in [6.45, 7) is 0.113. The summed E-state index contributed by atoms with van der Waals surface area (Å²) in [5, 5.41) is 11.7. The lowest BCUT2D eigenvalue weighted by atomic mass is 10.0. The van der Waals surface area contributed by atoms with E-state index in [2.05, 4.69) is 10.3 Å². The molecule has 1 heterocycles. The molecule has 0 aliphatic carbocycles. The minimum absolute atomic E-state index is 0.113. The van der Waals surface area contributed by atoms with E-state index < -0.39 is 12.0 Å². The first-order valence-corrected chi connectivity index (χ1v) is 7.80. The summed E-state index contributed by atoms with van der Waals surface area (Å²) in [4.78, 5) is 28.8. The Morgan fingerprint density at radius 1 is 1.24 bits per heavy atom. The Bertz CT molecular complexity index is 721. The minimum Gasteiger partial charge on any atom is -0.496 e. The molecule has 2 rings (SSSR count). The zero-order chi connectivity index (χ0) is 18.2. The van der Waals surface area contributed by atoms with E-state index in [1.54, 1.807) is 26.4 Å². The van der Waals surface area contributed by atoms with Crippen molar-refractivity contribution in [3.63, 3.8) is 0 Å². The second kappa shape index (κ2) is 8.68. The molecule has 2 N–H and O–H groups in total. The molecule has 0 radical (unpaired) electrons. The largest absolute Gasteiger partial charge is 0.496 e. The van der Waals surface area contributed by atoms with Crippen molar-refractivity contribution in [2.24, 2.45) is 0 Å². The average molecular weight is 343 g/mol. The van der Waals surface area contributed by atoms with Gasteiger partial charge in [-0.05, 0) is 18.2 Å². The number of ether oxygens (including phenoxy) is 1. The molecule has 1 atom stereocenters. The number of nitrogens with one attached hydrogen (secondary N) is 1. The van der Waals surface area contributed by atoms with Crippen LogP contribution in [0.3, 0.4) is 0 Å². The Hall–Kier alpha value is -3.09. The van der Waals surface area contributed by atoms with Crippen LogP contribution in [0.25, 0.3) is 0 Å². The van der Waals surface area contributed by atoms with Crippen molar-refractivity contribution >= 4 is 12.0 Å². The molecule has 0 aliphatic rings. The fourth-order valence-corrected chi connectivity index (χ4v) is 2.36. The Morgan fingerprint density at radius 2 is 1.96 bits per heavy atom. The lowest BCUT2D eigenvalue weighted by Crippen LogP contribution is -2.41. The molecule has 132 valence electrons. The smallest absolute Gasteiger partial charge is 0.317 e. The molecular formula is C18H21N3O4. The van der Waals surface area contributed by atoms with Gasteiger partial charge in [-0.15, -0.1) is 0 Å². The molecule has 7 heteroatoms. The quantitative estimate of drug-likeness (QED) is 0.805. The molecule has 0 saturated heterocycles. The molecule has 2 amide bonds. The Labute approximate surface area is 146 Å². The monoisotopic (exact) mass is 343 g/mol. The molecular weight excluding hydrogens is 322 g/mol. The third kappa shape index (κ3) is 4.94. The van der Waals surface area contributed by atoms with E-state index in [0.717, 1.165) is 5.56 Å². The number of aliphatic carboxylic acids is 1. The van der Waals surface area contributed by atoms with E-state index in [1.165, 1.54) is 4.90 Å². The third-order valence-electron chi connectivity index (χ3n) is 3.71. The highest BCUT2D eigenvalue weighted by atomic mass is 16.5. The summed E-state index contributed by atoms with van der Waals surface area (Å²) in [6, 6.07) is 11.9. The number of hydrogen-bond donors (Lipinski definition) is 2. The van der Waals surface area contributed by atoms with Gasteiger partial charge in [-0.25, -0.2) is 4.79 Å². The van der Waals surface area contributed by atoms with Crippen molar-refractivity contribution < 1.29 is 19.4 Å². The number of methoxy groups -OCH3 is 1. The molecule has 0 bridgehead atoms. The average Bonchev–Trinajstić information content (AvgIpc) is 2.64. The maximum absolute atomic E-state index is 12.5. The van der Waals surface area contributed by atoms with Gasteiger partial charge in [0.25, 0.3) is 0 Å². The van der Waals surface area contributed by atoms with Crippen molar-refractivity contribution in [3.05, 3.63) is 59.9 Å². The molecule has 0 spiro atoms. The standard InChI is InChI=1S/C18H21N3O4/c1-21(12-10-16(22)23)18(24)20-17(14-8-5-6-11-19-14)13-7-3-4-9-15(13)25-2/h3-9,11,17H,10,12H2,1-2H3,(H,20,24)(H,22,23). The summed E-state index contributed by atoms with van der Waals surface area (Å²) in [7, 11) is 3.12. The van der Waals surface area contributed by atoms with Crippen LogP contribution >= 0.6 is 0 Å². The molecule has 0 fully saturated rings. The molecule has 25 heavy (non-hydrogen) atoms. The minimum atomic E-state index is -0.953. The number of carbonyl (C=O) groups excluding carboxylic acids is 1. The lowest BCUT2D eigenvalue weighted by Gasteiger charge is -2.24. The van der Waals surface area contributed by atoms with Crippen LogP contribution in [-0.4, -0.2) is 47.7 Å². The van der Waals surface area contributed by atoms with Gasteiger partial charge in [-0.2, -0.15) is 0 Å². The van der Waals surface area contributed by atoms with Gasteiger partial charge in [0, 0.05) is 25.4 Å². The molecule has 1 unspecified atom stereocenters. The van der Waals surface area contributed by atoms with Crippen molar-refractivity contribution in [1.82, 2.24) is 15.2 Å². The summed E-state index contributed by atoms with van der Waals surface area (Å²) >= 11 is 0. The maximum Gasteiger partial charge on any atom is 0.317 e. The fourth-order valence-electron chi connectivity index (χ4n) is 2.36. The van der Waals surface area contributed by atoms with Crippen LogP contribution in [0.1, 0.15) is 23.7 Å². The highest BCUT2D eigenvalue weighted by Gasteiger charge is 2.23. The van der Waals surface area contributed by atoms with Gasteiger partial charge >= 0.3 is 12.0 Å². The normalized spacial score (nSPS) is 11.4. The molecule has 1 aromatic carbocycles. The van der Waals surface area contributed by atoms with Gasteiger partial charge in [0.2, 0.25) is 0 Å². The number of aromatic nitrogens is 1. The highest BCUT2D eigenvalue weighted by Crippen LogP contribution is 2.29. The van der Waals surface area contributed by atoms with Crippen molar-refractivity contribution in [3.8, 4) is 5.75 Å². The topological polar surface area (TPSA) is 91.8 Å². The number of nitrogens with zero attached hydrogens (tertiary/aromatic N) is 2. The van der Waals surface area contributed by atoms with E-state index in [1.807, 2.05) is 36.4 Å². The van der Waals surface area contributed by atoms with Crippen LogP contribution in [0.2, 0.25) is 0 Å². The van der Waals surface area contributed by atoms with Gasteiger partial charge in [0.05, 0.1) is 19.2 Å². The van der Waals surface area contributed by atoms with Gasteiger partial charge in [-0.3, -0.25) is 9.78 Å². The summed E-state index contributed by atoms with van der Waals surface area (Å²) in [5.41, 5.74) is 1.43. The first kappa shape index (κ1) is 18.3. The number of hydrogen-bond acceptors (Lipinski definition) is 4. The summed E-state index contributed by atoms with van der Waals surface area (Å²) < 4.78 is 5.40. The Balaban J connectivity index is 2.27. The predicted octanol–water partition coefficient (Wildman–Crippen LogP) is 2.30. The second-order valence-corrected chi connectivity index (χ2v) is 5.44. The summed E-state index contributed by atoms with van der Waals surface area (Å²) in [5.74, 6) is -0.322. The number of carboxylic acids is 1. The number of carboxylic acid groups (broad SMARTS) is 1. The molecule has 2 aromatic rings. The number of pyridine rings is 1. The van der Waals surface area contributed by atoms with Crippen LogP contribution in [0.4, 0.5) is 4.79 Å². The SMILES string of the molecule is COc1ccccc1C(NC(=O)N(C)CCC(=O)O)c1ccccn1. The van der Waals surface area contributed by atoms with Crippen LogP contribution in [0.15, 0.2) is 48.7 Å². The number of para-hydroxylation sites is 1. The Kier molecular flexibility index (Phi) is 6.33. The van der Waals surface area contributed by atoms with Crippen molar-refractivity contribution in [2.45, 2.75) is 12.5 Å². The van der Waals surface area contributed by atoms with Crippen LogP contribution < -0.4 is 10.1 Å². The molecule has 0 saturated carbocycles. The third-order valence-corrected chi connectivity index (χ3v) is 3.71. The van der Waals surface area contributed by atoms with Crippen LogP contribution in [-0.2, 0) is 4.79 Å². The molecule has 1 aromatic heterocycles. The van der Waals surface area contributed by atoms with Gasteiger partial charge in [-0.1, -0.05) is 24.3 Å². The fraction of sp³-hybridized carbons (Fsp3) is 0.278. The van der Waals surface area contributed by atoms with E-state index in [0.29, 0.717) is 11.4 Å². The predicted molar refractivity (Wildman–Crippen MR) is 92.5 cm³/mol. The lowest BCUT2D eigenvalue weighted by molar-refractivity contribution is -0.137. The van der Waals surface area contributed by atoms with Crippen molar-refractivity contribution in [2.75, 3.05) is 20.7 Å². The number of amides is 2. The number of carbonyl (C=O) groups is 2. The molecule has 7 nitrogen and oxygen atoms in total. The van der Waals surface area contributed by atoms with Crippen molar-refractivity contribution in [1.29, 1.82) is 0 Å². The Morgan fingerprint density at radius 3 is 2.60 bits per heavy atom. The zero-order valence-corrected chi connectivity index (χ0v) is 14.2. The first-order valence-electron chi connectivity index (χ1n) is 7.80. The van der Waals surface area contributed by atoms with Crippen LogP contribution in [0.5, 0.6) is 5.75 Å². The van der Waals surface area contributed by atoms with Gasteiger partial charge < -0.3 is 20.1 Å². The van der Waals surface area contributed by atoms with E-state index in [-0.39, 0.29) is 19.0 Å². The second-order valence-electron chi connectivity index (χ2n) is 5.44. The van der Waals surface area contributed by atoms with Gasteiger partial charge in [0.15, 0.2) is 0 Å². The summed E-state index contributed by atoms with van der Waals surface area (Å²) in [6.07, 6.45) is 1.53. The number of rotatable bonds is 7. The van der Waals surface area contributed by atoms with E-state index in [9.17, 15) is 9.59 Å². The van der Waals surface area contributed by atoms with Crippen LogP contribution in [0, 0.1) is 0 Å². The zero-order valence-electron chi connectivity index (χ0n) is 14.2. The first-order chi connectivity index (χ1) is 12.0. The van der Waals surface area contributed by atoms with Gasteiger partial charge in [0.1, 0.15) is 11.8 Å². The molecule has 0 aliphatic heterocycles. The van der Waals surface area contributed by atoms with E-state index in [4.69, 9.17) is 9.84 Å².